The van der Waals surface area contributed by atoms with Crippen molar-refractivity contribution in [3.63, 3.8) is 0 Å². The van der Waals surface area contributed by atoms with Crippen LogP contribution in [-0.4, -0.2) is 49.6 Å². The Bertz CT molecular complexity index is 1160. The van der Waals surface area contributed by atoms with Crippen LogP contribution in [0.15, 0.2) is 53.4 Å². The van der Waals surface area contributed by atoms with Gasteiger partial charge in [-0.3, -0.25) is 5.21 Å². The summed E-state index contributed by atoms with van der Waals surface area (Å²) in [5.74, 6) is 0.156. The molecule has 2 aliphatic rings. The van der Waals surface area contributed by atoms with E-state index in [2.05, 4.69) is 0 Å². The number of halogens is 3. The Morgan fingerprint density at radius 3 is 2.22 bits per heavy atom. The fourth-order valence-electron chi connectivity index (χ4n) is 5.01. The van der Waals surface area contributed by atoms with Crippen LogP contribution < -0.4 is 10.2 Å². The first-order valence-electron chi connectivity index (χ1n) is 11.6. The van der Waals surface area contributed by atoms with E-state index in [1.165, 1.54) is 34.1 Å². The van der Waals surface area contributed by atoms with E-state index in [0.29, 0.717) is 17.5 Å². The second-order valence-electron chi connectivity index (χ2n) is 8.97. The number of hydroxylamine groups is 1. The number of ether oxygens (including phenoxy) is 2. The van der Waals surface area contributed by atoms with Gasteiger partial charge in [0, 0.05) is 12.5 Å². The number of rotatable bonds is 6. The molecule has 1 saturated carbocycles. The third-order valence-corrected chi connectivity index (χ3v) is 8.58. The van der Waals surface area contributed by atoms with Gasteiger partial charge in [0.2, 0.25) is 10.0 Å². The number of amides is 1. The highest BCUT2D eigenvalue weighted by Crippen LogP contribution is 2.42. The molecule has 196 valence electrons. The highest BCUT2D eigenvalue weighted by atomic mass is 32.2. The van der Waals surface area contributed by atoms with Crippen molar-refractivity contribution in [1.82, 2.24) is 9.79 Å². The molecule has 2 aromatic carbocycles. The molecule has 2 aromatic rings. The Labute approximate surface area is 207 Å². The number of hydrogen-bond donors (Lipinski definition) is 2. The predicted octanol–water partition coefficient (Wildman–Crippen LogP) is 4.94. The Morgan fingerprint density at radius 1 is 1.00 bits per heavy atom. The van der Waals surface area contributed by atoms with Gasteiger partial charge < -0.3 is 9.47 Å². The van der Waals surface area contributed by atoms with Crippen molar-refractivity contribution in [3.8, 4) is 16.9 Å². The number of benzene rings is 2. The molecule has 1 amide bonds. The molecule has 0 spiro atoms. The van der Waals surface area contributed by atoms with Gasteiger partial charge in [-0.25, -0.2) is 18.7 Å². The average molecular weight is 529 g/mol. The van der Waals surface area contributed by atoms with Gasteiger partial charge in [0.25, 0.3) is 0 Å². The largest absolute Gasteiger partial charge is 0.484 e. The van der Waals surface area contributed by atoms with E-state index in [4.69, 9.17) is 14.7 Å². The summed E-state index contributed by atoms with van der Waals surface area (Å²) in [6.07, 6.45) is -2.29. The molecule has 36 heavy (non-hydrogen) atoms. The van der Waals surface area contributed by atoms with Gasteiger partial charge in [-0.2, -0.15) is 17.5 Å². The molecule has 1 saturated heterocycles. The minimum absolute atomic E-state index is 0.0173. The maximum Gasteiger partial charge on any atom is 0.432 e. The number of hydrogen-bond acceptors (Lipinski definition) is 6. The third-order valence-electron chi connectivity index (χ3n) is 6.71. The second-order valence-corrected chi connectivity index (χ2v) is 10.9. The van der Waals surface area contributed by atoms with E-state index in [1.54, 1.807) is 24.3 Å². The number of nitrogens with zero attached hydrogens (tertiary/aromatic N) is 1. The highest BCUT2D eigenvalue weighted by molar-refractivity contribution is 7.89. The van der Waals surface area contributed by atoms with E-state index < -0.39 is 35.1 Å². The number of carbonyl (C=O) groups is 1. The average Bonchev–Trinajstić information content (AvgIpc) is 2.87. The van der Waals surface area contributed by atoms with Crippen LogP contribution in [0.1, 0.15) is 32.1 Å². The van der Waals surface area contributed by atoms with Crippen LogP contribution in [-0.2, 0) is 14.8 Å². The van der Waals surface area contributed by atoms with Gasteiger partial charge >= 0.3 is 12.3 Å². The molecule has 3 unspecified atom stereocenters. The number of carbonyl (C=O) groups excluding carboxylic acids is 1. The number of sulfonamides is 1. The van der Waals surface area contributed by atoms with E-state index in [9.17, 15) is 26.4 Å². The lowest BCUT2D eigenvalue weighted by atomic mass is 9.74. The molecular formula is C24H27F3N2O6S. The Morgan fingerprint density at radius 2 is 1.61 bits per heavy atom. The van der Waals surface area contributed by atoms with Crippen LogP contribution in [0.2, 0.25) is 0 Å². The lowest BCUT2D eigenvalue weighted by Gasteiger charge is -2.45. The first-order valence-corrected chi connectivity index (χ1v) is 13.0. The molecule has 1 aliphatic carbocycles. The first kappa shape index (κ1) is 26.2. The third kappa shape index (κ3) is 5.93. The SMILES string of the molecule is O=C(NO)OC1C2CCCCC2CCN1S(=O)(=O)c1ccc(-c2ccc(OCC(F)(F)F)cc2)cc1. The summed E-state index contributed by atoms with van der Waals surface area (Å²) >= 11 is 0. The standard InChI is InChI=1S/C24H27F3N2O6S/c25-24(26,27)15-34-19-9-5-16(6-10-19)17-7-11-20(12-8-17)36(32,33)29-14-13-18-3-1-2-4-21(18)22(29)35-23(30)28-31/h5-12,18,21-22,31H,1-4,13-15H2,(H,28,30). The van der Waals surface area contributed by atoms with Crippen LogP contribution >= 0.6 is 0 Å². The van der Waals surface area contributed by atoms with Gasteiger partial charge in [-0.05, 0) is 60.6 Å². The molecular weight excluding hydrogens is 501 g/mol. The van der Waals surface area contributed by atoms with Crippen LogP contribution in [0.3, 0.4) is 0 Å². The molecule has 1 aliphatic heterocycles. The molecule has 3 atom stereocenters. The molecule has 0 radical (unpaired) electrons. The maximum atomic E-state index is 13.5. The second kappa shape index (κ2) is 10.7. The van der Waals surface area contributed by atoms with E-state index in [-0.39, 0.29) is 29.0 Å². The van der Waals surface area contributed by atoms with Gasteiger partial charge in [0.15, 0.2) is 12.8 Å². The summed E-state index contributed by atoms with van der Waals surface area (Å²) in [6.45, 7) is -1.20. The molecule has 0 bridgehead atoms. The Kier molecular flexibility index (Phi) is 7.76. The van der Waals surface area contributed by atoms with Crippen molar-refractivity contribution in [2.75, 3.05) is 13.2 Å². The van der Waals surface area contributed by atoms with Crippen LogP contribution in [0.5, 0.6) is 5.75 Å². The van der Waals surface area contributed by atoms with Crippen molar-refractivity contribution in [2.24, 2.45) is 11.8 Å². The summed E-state index contributed by atoms with van der Waals surface area (Å²) in [6, 6.07) is 12.1. The lowest BCUT2D eigenvalue weighted by Crippen LogP contribution is -2.54. The molecule has 8 nitrogen and oxygen atoms in total. The van der Waals surface area contributed by atoms with Gasteiger partial charge in [-0.1, -0.05) is 37.1 Å². The van der Waals surface area contributed by atoms with Crippen LogP contribution in [0.25, 0.3) is 11.1 Å². The number of alkyl halides is 3. The topological polar surface area (TPSA) is 105 Å². The van der Waals surface area contributed by atoms with Crippen molar-refractivity contribution in [3.05, 3.63) is 48.5 Å². The summed E-state index contributed by atoms with van der Waals surface area (Å²) in [5.41, 5.74) is 2.75. The number of fused-ring (bicyclic) bond motifs is 1. The van der Waals surface area contributed by atoms with E-state index >= 15 is 0 Å². The van der Waals surface area contributed by atoms with Crippen LogP contribution in [0.4, 0.5) is 18.0 Å². The summed E-state index contributed by atoms with van der Waals surface area (Å²) < 4.78 is 75.3. The van der Waals surface area contributed by atoms with Crippen molar-refractivity contribution >= 4 is 16.1 Å². The van der Waals surface area contributed by atoms with Crippen molar-refractivity contribution in [2.45, 2.75) is 49.4 Å². The lowest BCUT2D eigenvalue weighted by molar-refractivity contribution is -0.153. The molecule has 1 heterocycles. The fraction of sp³-hybridized carbons (Fsp3) is 0.458. The molecule has 2 fully saturated rings. The van der Waals surface area contributed by atoms with Gasteiger partial charge in [0.1, 0.15) is 5.75 Å². The zero-order valence-corrected chi connectivity index (χ0v) is 20.1. The van der Waals surface area contributed by atoms with E-state index in [1.807, 2.05) is 0 Å². The van der Waals surface area contributed by atoms with Crippen molar-refractivity contribution in [1.29, 1.82) is 0 Å². The van der Waals surface area contributed by atoms with Crippen LogP contribution in [0, 0.1) is 11.8 Å². The Hall–Kier alpha value is -2.83. The maximum absolute atomic E-state index is 13.5. The van der Waals surface area contributed by atoms with Gasteiger partial charge in [0.05, 0.1) is 4.90 Å². The van der Waals surface area contributed by atoms with E-state index in [0.717, 1.165) is 25.7 Å². The smallest absolute Gasteiger partial charge is 0.432 e. The summed E-state index contributed by atoms with van der Waals surface area (Å²) in [4.78, 5) is 11.8. The van der Waals surface area contributed by atoms with Crippen molar-refractivity contribution < 1.29 is 41.1 Å². The normalized spacial score (nSPS) is 22.9. The molecule has 2 N–H and O–H groups in total. The first-order chi connectivity index (χ1) is 17.1. The zero-order valence-electron chi connectivity index (χ0n) is 19.3. The molecule has 12 heteroatoms. The zero-order chi connectivity index (χ0) is 25.9. The summed E-state index contributed by atoms with van der Waals surface area (Å²) in [7, 11) is -4.02. The summed E-state index contributed by atoms with van der Waals surface area (Å²) in [5, 5.41) is 8.94. The minimum Gasteiger partial charge on any atom is -0.484 e. The molecule has 0 aromatic heterocycles. The Balaban J connectivity index is 1.52. The number of piperidine rings is 1. The van der Waals surface area contributed by atoms with Gasteiger partial charge in [-0.15, -0.1) is 0 Å². The minimum atomic E-state index is -4.43. The quantitative estimate of drug-likeness (QED) is 0.407. The predicted molar refractivity (Wildman–Crippen MR) is 123 cm³/mol. The molecule has 4 rings (SSSR count). The fourth-order valence-corrected chi connectivity index (χ4v) is 6.58. The number of nitrogens with one attached hydrogen (secondary N) is 1. The monoisotopic (exact) mass is 528 g/mol. The highest BCUT2D eigenvalue weighted by Gasteiger charge is 2.46.